The summed E-state index contributed by atoms with van der Waals surface area (Å²) in [4.78, 5) is 2.53. The lowest BCUT2D eigenvalue weighted by molar-refractivity contribution is 0.188. The molecule has 0 spiro atoms. The molecule has 0 aromatic heterocycles. The summed E-state index contributed by atoms with van der Waals surface area (Å²) in [6.45, 7) is 8.42. The molecule has 0 amide bonds. The molecule has 1 aromatic rings. The molecule has 1 aromatic carbocycles. The van der Waals surface area contributed by atoms with Crippen molar-refractivity contribution in [1.82, 2.24) is 4.90 Å². The van der Waals surface area contributed by atoms with Crippen molar-refractivity contribution in [3.8, 4) is 0 Å². The second-order valence-electron chi connectivity index (χ2n) is 5.29. The van der Waals surface area contributed by atoms with Crippen molar-refractivity contribution >= 4 is 5.57 Å². The second kappa shape index (κ2) is 6.72. The highest BCUT2D eigenvalue weighted by molar-refractivity contribution is 5.64. The highest BCUT2D eigenvalue weighted by atomic mass is 15.1. The molecule has 2 nitrogen and oxygen atoms in total. The third kappa shape index (κ3) is 3.69. The van der Waals surface area contributed by atoms with Crippen LogP contribution in [0.3, 0.4) is 0 Å². The maximum Gasteiger partial charge on any atom is 0.0233 e. The molecular weight excluding hydrogens is 220 g/mol. The number of nitrogens with zero attached hydrogens (tertiary/aromatic N) is 1. The van der Waals surface area contributed by atoms with Gasteiger partial charge in [0.15, 0.2) is 0 Å². The fourth-order valence-corrected chi connectivity index (χ4v) is 2.80. The monoisotopic (exact) mass is 244 g/mol. The summed E-state index contributed by atoms with van der Waals surface area (Å²) in [5.74, 6) is 0.785. The van der Waals surface area contributed by atoms with Crippen LogP contribution in [0.4, 0.5) is 0 Å². The van der Waals surface area contributed by atoms with E-state index in [-0.39, 0.29) is 0 Å². The predicted molar refractivity (Wildman–Crippen MR) is 78.3 cm³/mol. The Morgan fingerprint density at radius 1 is 1.33 bits per heavy atom. The predicted octanol–water partition coefficient (Wildman–Crippen LogP) is 2.76. The third-order valence-electron chi connectivity index (χ3n) is 3.77. The summed E-state index contributed by atoms with van der Waals surface area (Å²) < 4.78 is 0. The first kappa shape index (κ1) is 13.3. The first-order chi connectivity index (χ1) is 8.79. The SMILES string of the molecule is C=C(CN1CCCC(CCN)C1)c1ccccc1. The zero-order valence-electron chi connectivity index (χ0n) is 11.1. The largest absolute Gasteiger partial charge is 0.330 e. The number of benzene rings is 1. The average Bonchev–Trinajstić information content (AvgIpc) is 2.40. The molecule has 0 radical (unpaired) electrons. The van der Waals surface area contributed by atoms with Crippen molar-refractivity contribution < 1.29 is 0 Å². The Bertz CT molecular complexity index is 370. The van der Waals surface area contributed by atoms with Gasteiger partial charge in [0.25, 0.3) is 0 Å². The van der Waals surface area contributed by atoms with Gasteiger partial charge in [0.1, 0.15) is 0 Å². The van der Waals surface area contributed by atoms with Crippen LogP contribution in [-0.4, -0.2) is 31.1 Å². The number of rotatable bonds is 5. The molecule has 1 heterocycles. The third-order valence-corrected chi connectivity index (χ3v) is 3.77. The maximum absolute atomic E-state index is 5.66. The van der Waals surface area contributed by atoms with E-state index < -0.39 is 0 Å². The van der Waals surface area contributed by atoms with Crippen molar-refractivity contribution in [2.24, 2.45) is 11.7 Å². The van der Waals surface area contributed by atoms with Gasteiger partial charge in [-0.2, -0.15) is 0 Å². The fourth-order valence-electron chi connectivity index (χ4n) is 2.80. The second-order valence-corrected chi connectivity index (χ2v) is 5.29. The molecule has 1 atom stereocenters. The average molecular weight is 244 g/mol. The highest BCUT2D eigenvalue weighted by Gasteiger charge is 2.19. The standard InChI is InChI=1S/C16H24N2/c1-14(16-7-3-2-4-8-16)12-18-11-5-6-15(13-18)9-10-17/h2-4,7-8,15H,1,5-6,9-13,17H2. The molecule has 0 bridgehead atoms. The molecule has 98 valence electrons. The van der Waals surface area contributed by atoms with Gasteiger partial charge in [-0.3, -0.25) is 4.90 Å². The van der Waals surface area contributed by atoms with Gasteiger partial charge in [-0.25, -0.2) is 0 Å². The van der Waals surface area contributed by atoms with Crippen LogP contribution in [0, 0.1) is 5.92 Å². The topological polar surface area (TPSA) is 29.3 Å². The van der Waals surface area contributed by atoms with E-state index in [9.17, 15) is 0 Å². The van der Waals surface area contributed by atoms with Crippen molar-refractivity contribution in [1.29, 1.82) is 0 Å². The van der Waals surface area contributed by atoms with Crippen molar-refractivity contribution in [2.45, 2.75) is 19.3 Å². The summed E-state index contributed by atoms with van der Waals surface area (Å²) in [7, 11) is 0. The minimum absolute atomic E-state index is 0.785. The lowest BCUT2D eigenvalue weighted by Crippen LogP contribution is -2.37. The molecule has 2 N–H and O–H groups in total. The summed E-state index contributed by atoms with van der Waals surface area (Å²) in [6.07, 6.45) is 3.80. The van der Waals surface area contributed by atoms with Crippen molar-refractivity contribution in [3.63, 3.8) is 0 Å². The molecule has 1 unspecified atom stereocenters. The molecule has 0 aliphatic carbocycles. The first-order valence-electron chi connectivity index (χ1n) is 6.95. The van der Waals surface area contributed by atoms with Crippen LogP contribution in [0.25, 0.3) is 5.57 Å². The zero-order valence-corrected chi connectivity index (χ0v) is 11.1. The van der Waals surface area contributed by atoms with E-state index >= 15 is 0 Å². The molecular formula is C16H24N2. The number of nitrogens with two attached hydrogens (primary N) is 1. The maximum atomic E-state index is 5.66. The molecule has 1 fully saturated rings. The van der Waals surface area contributed by atoms with Crippen LogP contribution in [0.15, 0.2) is 36.9 Å². The Hall–Kier alpha value is -1.12. The molecule has 2 heteroatoms. The van der Waals surface area contributed by atoms with Crippen LogP contribution >= 0.6 is 0 Å². The van der Waals surface area contributed by atoms with Crippen LogP contribution < -0.4 is 5.73 Å². The van der Waals surface area contributed by atoms with Crippen molar-refractivity contribution in [2.75, 3.05) is 26.2 Å². The summed E-state index contributed by atoms with van der Waals surface area (Å²) in [6, 6.07) is 10.5. The van der Waals surface area contributed by atoms with Crippen molar-refractivity contribution in [3.05, 3.63) is 42.5 Å². The molecule has 1 aliphatic rings. The minimum atomic E-state index is 0.785. The highest BCUT2D eigenvalue weighted by Crippen LogP contribution is 2.21. The minimum Gasteiger partial charge on any atom is -0.330 e. The van der Waals surface area contributed by atoms with E-state index in [1.165, 1.54) is 37.1 Å². The summed E-state index contributed by atoms with van der Waals surface area (Å²) in [5.41, 5.74) is 8.15. The number of hydrogen-bond acceptors (Lipinski definition) is 2. The molecule has 1 saturated heterocycles. The van der Waals surface area contributed by atoms with Gasteiger partial charge in [-0.1, -0.05) is 36.9 Å². The van der Waals surface area contributed by atoms with Gasteiger partial charge in [0.05, 0.1) is 0 Å². The Morgan fingerprint density at radius 3 is 2.83 bits per heavy atom. The van der Waals surface area contributed by atoms with Gasteiger partial charge < -0.3 is 5.73 Å². The number of likely N-dealkylation sites (tertiary alicyclic amines) is 1. The van der Waals surface area contributed by atoms with Gasteiger partial charge in [-0.05, 0) is 49.4 Å². The number of hydrogen-bond donors (Lipinski definition) is 1. The fraction of sp³-hybridized carbons (Fsp3) is 0.500. The quantitative estimate of drug-likeness (QED) is 0.863. The van der Waals surface area contributed by atoms with Gasteiger partial charge >= 0.3 is 0 Å². The van der Waals surface area contributed by atoms with Crippen LogP contribution in [-0.2, 0) is 0 Å². The Morgan fingerprint density at radius 2 is 2.11 bits per heavy atom. The normalized spacial score (nSPS) is 20.8. The lowest BCUT2D eigenvalue weighted by Gasteiger charge is -2.33. The van der Waals surface area contributed by atoms with E-state index in [4.69, 9.17) is 5.73 Å². The van der Waals surface area contributed by atoms with Crippen LogP contribution in [0.1, 0.15) is 24.8 Å². The lowest BCUT2D eigenvalue weighted by atomic mass is 9.94. The zero-order chi connectivity index (χ0) is 12.8. The Balaban J connectivity index is 1.87. The van der Waals surface area contributed by atoms with E-state index in [1.807, 2.05) is 0 Å². The van der Waals surface area contributed by atoms with E-state index in [1.54, 1.807) is 0 Å². The Labute approximate surface area is 110 Å². The summed E-state index contributed by atoms with van der Waals surface area (Å²) >= 11 is 0. The molecule has 2 rings (SSSR count). The molecule has 1 aliphatic heterocycles. The van der Waals surface area contributed by atoms with Crippen LogP contribution in [0.5, 0.6) is 0 Å². The van der Waals surface area contributed by atoms with E-state index in [0.717, 1.165) is 25.4 Å². The van der Waals surface area contributed by atoms with Gasteiger partial charge in [0, 0.05) is 13.1 Å². The first-order valence-corrected chi connectivity index (χ1v) is 6.95. The van der Waals surface area contributed by atoms with Gasteiger partial charge in [0.2, 0.25) is 0 Å². The van der Waals surface area contributed by atoms with E-state index in [2.05, 4.69) is 41.8 Å². The van der Waals surface area contributed by atoms with Crippen LogP contribution in [0.2, 0.25) is 0 Å². The summed E-state index contributed by atoms with van der Waals surface area (Å²) in [5, 5.41) is 0. The Kier molecular flexibility index (Phi) is 4.97. The van der Waals surface area contributed by atoms with Gasteiger partial charge in [-0.15, -0.1) is 0 Å². The smallest absolute Gasteiger partial charge is 0.0233 e. The number of piperidine rings is 1. The van der Waals surface area contributed by atoms with E-state index in [0.29, 0.717) is 0 Å². The molecule has 0 saturated carbocycles. The molecule has 18 heavy (non-hydrogen) atoms.